The lowest BCUT2D eigenvalue weighted by atomic mass is 9.47. The van der Waals surface area contributed by atoms with Crippen LogP contribution in [0.15, 0.2) is 63.4 Å². The van der Waals surface area contributed by atoms with E-state index in [1.54, 1.807) is 0 Å². The number of rotatable bonds is 5. The number of aliphatic hydroxyl groups is 2. The lowest BCUT2D eigenvalue weighted by molar-refractivity contribution is -0.113. The van der Waals surface area contributed by atoms with Crippen molar-refractivity contribution in [3.8, 4) is 0 Å². The zero-order chi connectivity index (χ0) is 27.9. The molecular weight excluding hydrogens is 486 g/mol. The van der Waals surface area contributed by atoms with E-state index in [0.29, 0.717) is 29.4 Å². The highest BCUT2D eigenvalue weighted by molar-refractivity contribution is 6.21. The minimum atomic E-state index is -0.260. The van der Waals surface area contributed by atoms with E-state index in [1.165, 1.54) is 38.7 Å². The smallest absolute Gasteiger partial charge is 0.166 e. The highest BCUT2D eigenvalue weighted by Crippen LogP contribution is 2.66. The summed E-state index contributed by atoms with van der Waals surface area (Å²) in [5.74, 6) is 2.37. The van der Waals surface area contributed by atoms with Crippen LogP contribution in [0.4, 0.5) is 5.69 Å². The number of ketones is 1. The van der Waals surface area contributed by atoms with Crippen LogP contribution >= 0.6 is 0 Å². The van der Waals surface area contributed by atoms with Gasteiger partial charge in [0.1, 0.15) is 5.76 Å². The molecule has 6 nitrogen and oxygen atoms in total. The van der Waals surface area contributed by atoms with Gasteiger partial charge in [0.2, 0.25) is 0 Å². The summed E-state index contributed by atoms with van der Waals surface area (Å²) in [7, 11) is 0. The van der Waals surface area contributed by atoms with Crippen molar-refractivity contribution < 1.29 is 15.0 Å². The van der Waals surface area contributed by atoms with Crippen molar-refractivity contribution in [1.82, 2.24) is 5.43 Å². The second-order valence-electron chi connectivity index (χ2n) is 13.0. The van der Waals surface area contributed by atoms with E-state index >= 15 is 0 Å². The Morgan fingerprint density at radius 2 is 1.74 bits per heavy atom. The van der Waals surface area contributed by atoms with Gasteiger partial charge < -0.3 is 10.2 Å². The number of Topliss-reactive ketones (excluding diaryl/α,β-unsaturated/α-hetero) is 1. The van der Waals surface area contributed by atoms with Crippen LogP contribution in [0.1, 0.15) is 86.0 Å². The fourth-order valence-corrected chi connectivity index (χ4v) is 8.91. The quantitative estimate of drug-likeness (QED) is 0.0948. The Morgan fingerprint density at radius 3 is 2.44 bits per heavy atom. The van der Waals surface area contributed by atoms with Crippen molar-refractivity contribution in [3.63, 3.8) is 0 Å². The van der Waals surface area contributed by atoms with E-state index in [0.717, 1.165) is 37.8 Å². The molecule has 210 valence electrons. The van der Waals surface area contributed by atoms with Crippen molar-refractivity contribution in [3.05, 3.63) is 53.3 Å². The number of nitrogens with one attached hydrogen (secondary N) is 1. The minimum absolute atomic E-state index is 0.0720. The van der Waals surface area contributed by atoms with E-state index < -0.39 is 0 Å². The van der Waals surface area contributed by atoms with Crippen LogP contribution in [0.2, 0.25) is 0 Å². The van der Waals surface area contributed by atoms with Crippen LogP contribution in [0.5, 0.6) is 0 Å². The van der Waals surface area contributed by atoms with E-state index in [-0.39, 0.29) is 39.9 Å². The number of amidine groups is 1. The molecule has 3 saturated carbocycles. The van der Waals surface area contributed by atoms with E-state index in [9.17, 15) is 15.0 Å². The van der Waals surface area contributed by atoms with Crippen molar-refractivity contribution in [1.29, 1.82) is 0 Å². The minimum Gasteiger partial charge on any atom is -0.512 e. The first-order valence-corrected chi connectivity index (χ1v) is 14.8. The first-order valence-electron chi connectivity index (χ1n) is 14.8. The second kappa shape index (κ2) is 10.7. The Balaban J connectivity index is 1.39. The second-order valence-corrected chi connectivity index (χ2v) is 13.0. The molecule has 1 aromatic rings. The first-order chi connectivity index (χ1) is 18.5. The summed E-state index contributed by atoms with van der Waals surface area (Å²) >= 11 is 0. The molecule has 0 aromatic heterocycles. The van der Waals surface area contributed by atoms with Crippen LogP contribution < -0.4 is 5.43 Å². The van der Waals surface area contributed by atoms with Gasteiger partial charge in [-0.15, -0.1) is 0 Å². The van der Waals surface area contributed by atoms with Gasteiger partial charge in [0.05, 0.1) is 17.4 Å². The summed E-state index contributed by atoms with van der Waals surface area (Å²) in [6.45, 7) is 10.0. The maximum atomic E-state index is 12.4. The van der Waals surface area contributed by atoms with Gasteiger partial charge in [0, 0.05) is 11.6 Å². The highest BCUT2D eigenvalue weighted by atomic mass is 16.3. The Labute approximate surface area is 233 Å². The summed E-state index contributed by atoms with van der Waals surface area (Å²) in [4.78, 5) is 17.1. The standard InChI is InChI=1S/C33H45N3O3/c1-20(35-36-31(30(21(2)37)22(3)38)34-24-9-7-6-8-10-24)27-13-14-28-26-12-11-23-19-25(39)15-17-32(23,4)29(26)16-18-33(27,28)5/h6-11,25-29,37,39H,12-19H2,1-5H3,(H,34,36)/b30-21+,35-20+/t25-,26-,27+,28-,29-,32-,33+/m0/s1. The lowest BCUT2D eigenvalue weighted by Gasteiger charge is -2.58. The summed E-state index contributed by atoms with van der Waals surface area (Å²) in [6.07, 6.45) is 11.1. The fourth-order valence-electron chi connectivity index (χ4n) is 8.91. The van der Waals surface area contributed by atoms with Crippen molar-refractivity contribution in [2.24, 2.45) is 44.6 Å². The molecule has 6 heteroatoms. The van der Waals surface area contributed by atoms with Gasteiger partial charge in [-0.2, -0.15) is 5.10 Å². The Hall–Kier alpha value is -2.73. The Morgan fingerprint density at radius 1 is 1.00 bits per heavy atom. The van der Waals surface area contributed by atoms with Crippen LogP contribution in [0.25, 0.3) is 0 Å². The SMILES string of the molecule is CC(=O)/C(C(=Nc1ccccc1)N/N=C(\C)[C@H]1CC[C@H]2[C@@H]3CC=C4C[C@@H](O)CC[C@]4(C)[C@H]3CC[C@]12C)=C(/C)O. The summed E-state index contributed by atoms with van der Waals surface area (Å²) in [6, 6.07) is 9.43. The highest BCUT2D eigenvalue weighted by Gasteiger charge is 2.59. The van der Waals surface area contributed by atoms with Crippen molar-refractivity contribution in [2.45, 2.75) is 92.1 Å². The molecule has 39 heavy (non-hydrogen) atoms. The van der Waals surface area contributed by atoms with Crippen molar-refractivity contribution >= 4 is 23.0 Å². The summed E-state index contributed by atoms with van der Waals surface area (Å²) in [5.41, 5.74) is 6.92. The first kappa shape index (κ1) is 27.8. The largest absolute Gasteiger partial charge is 0.512 e. The maximum Gasteiger partial charge on any atom is 0.166 e. The molecule has 5 rings (SSSR count). The molecular formula is C33H45N3O3. The molecule has 3 N–H and O–H groups in total. The van der Waals surface area contributed by atoms with E-state index in [4.69, 9.17) is 5.10 Å². The third-order valence-corrected chi connectivity index (χ3v) is 10.9. The molecule has 4 aliphatic carbocycles. The zero-order valence-electron chi connectivity index (χ0n) is 24.2. The fraction of sp³-hybridized carbons (Fsp3) is 0.606. The van der Waals surface area contributed by atoms with Gasteiger partial charge in [0.15, 0.2) is 11.6 Å². The lowest BCUT2D eigenvalue weighted by Crippen LogP contribution is -2.51. The van der Waals surface area contributed by atoms with Gasteiger partial charge in [0.25, 0.3) is 0 Å². The number of benzene rings is 1. The van der Waals surface area contributed by atoms with Gasteiger partial charge in [-0.05, 0) is 113 Å². The molecule has 1 aromatic carbocycles. The predicted octanol–water partition coefficient (Wildman–Crippen LogP) is 7.04. The normalized spacial score (nSPS) is 37.2. The Kier molecular flexibility index (Phi) is 7.62. The number of allylic oxidation sites excluding steroid dienone is 2. The molecule has 0 unspecified atom stereocenters. The molecule has 0 amide bonds. The maximum absolute atomic E-state index is 12.4. The predicted molar refractivity (Wildman–Crippen MR) is 157 cm³/mol. The van der Waals surface area contributed by atoms with Crippen LogP contribution in [-0.4, -0.2) is 33.6 Å². The molecule has 3 fully saturated rings. The number of para-hydroxylation sites is 1. The number of aliphatic imine (C=N–C) groups is 1. The molecule has 0 spiro atoms. The zero-order valence-corrected chi connectivity index (χ0v) is 24.2. The van der Waals surface area contributed by atoms with Gasteiger partial charge in [-0.25, -0.2) is 4.99 Å². The number of aliphatic hydroxyl groups excluding tert-OH is 2. The molecule has 0 bridgehead atoms. The van der Waals surface area contributed by atoms with Crippen LogP contribution in [-0.2, 0) is 4.79 Å². The monoisotopic (exact) mass is 531 g/mol. The van der Waals surface area contributed by atoms with Gasteiger partial charge >= 0.3 is 0 Å². The summed E-state index contributed by atoms with van der Waals surface area (Å²) < 4.78 is 0. The third-order valence-electron chi connectivity index (χ3n) is 10.9. The topological polar surface area (TPSA) is 94.3 Å². The number of carbonyl (C=O) groups is 1. The number of nitrogens with zero attached hydrogens (tertiary/aromatic N) is 2. The third kappa shape index (κ3) is 5.01. The molecule has 0 saturated heterocycles. The average molecular weight is 532 g/mol. The van der Waals surface area contributed by atoms with Gasteiger partial charge in [-0.3, -0.25) is 10.2 Å². The van der Waals surface area contributed by atoms with E-state index in [1.807, 2.05) is 30.3 Å². The summed E-state index contributed by atoms with van der Waals surface area (Å²) in [5, 5.41) is 25.4. The molecule has 4 aliphatic rings. The van der Waals surface area contributed by atoms with Gasteiger partial charge in [-0.1, -0.05) is 43.7 Å². The van der Waals surface area contributed by atoms with E-state index in [2.05, 4.69) is 37.3 Å². The van der Waals surface area contributed by atoms with Crippen LogP contribution in [0, 0.1) is 34.5 Å². The van der Waals surface area contributed by atoms with Crippen molar-refractivity contribution in [2.75, 3.05) is 0 Å². The average Bonchev–Trinajstić information content (AvgIpc) is 3.25. The molecule has 7 atom stereocenters. The number of hydrogen-bond donors (Lipinski definition) is 3. The number of hydrogen-bond acceptors (Lipinski definition) is 5. The molecule has 0 heterocycles. The molecule has 0 aliphatic heterocycles. The number of carbonyl (C=O) groups excluding carboxylic acids is 1. The molecule has 0 radical (unpaired) electrons. The number of hydrazone groups is 1. The number of fused-ring (bicyclic) bond motifs is 5. The Bertz CT molecular complexity index is 1230. The van der Waals surface area contributed by atoms with Crippen LogP contribution in [0.3, 0.4) is 0 Å².